The lowest BCUT2D eigenvalue weighted by Crippen LogP contribution is -2.16. The molecule has 0 unspecified atom stereocenters. The van der Waals surface area contributed by atoms with Gasteiger partial charge in [0.05, 0.1) is 11.3 Å². The van der Waals surface area contributed by atoms with Crippen LogP contribution in [0.4, 0.5) is 23.2 Å². The minimum Gasteiger partial charge on any atom is -0.329 e. The molecule has 9 heteroatoms. The molecule has 2 aromatic carbocycles. The van der Waals surface area contributed by atoms with Gasteiger partial charge in [-0.1, -0.05) is 30.3 Å². The third kappa shape index (κ3) is 5.26. The maximum Gasteiger partial charge on any atom is 0.417 e. The highest BCUT2D eigenvalue weighted by molar-refractivity contribution is 7.99. The van der Waals surface area contributed by atoms with E-state index in [4.69, 9.17) is 0 Å². The molecule has 0 saturated heterocycles. The van der Waals surface area contributed by atoms with E-state index in [0.717, 1.165) is 17.8 Å². The summed E-state index contributed by atoms with van der Waals surface area (Å²) in [5, 5.41) is 2.91. The van der Waals surface area contributed by atoms with Crippen LogP contribution in [0.5, 0.6) is 0 Å². The number of hydrogen-bond donors (Lipinski definition) is 1. The van der Waals surface area contributed by atoms with Crippen LogP contribution in [-0.2, 0) is 11.8 Å². The van der Waals surface area contributed by atoms with Crippen LogP contribution < -0.4 is 5.32 Å². The molecule has 3 rings (SSSR count). The molecule has 1 heterocycles. The van der Waals surface area contributed by atoms with Crippen molar-refractivity contribution in [3.8, 4) is 0 Å². The monoisotopic (exact) mass is 421 g/mol. The maximum atomic E-state index is 13.7. The Kier molecular flexibility index (Phi) is 6.07. The zero-order valence-corrected chi connectivity index (χ0v) is 15.9. The number of carbonyl (C=O) groups excluding carboxylic acids is 1. The van der Waals surface area contributed by atoms with E-state index in [1.807, 2.05) is 0 Å². The van der Waals surface area contributed by atoms with Gasteiger partial charge >= 0.3 is 6.18 Å². The SMILES string of the molecule is Cn1ccnc1Sc1ccc(F)cc1NC(=O)/C=C(/c1ccccc1)C(F)(F)F. The summed E-state index contributed by atoms with van der Waals surface area (Å²) in [6.07, 6.45) is -0.981. The fourth-order valence-corrected chi connectivity index (χ4v) is 3.36. The van der Waals surface area contributed by atoms with Gasteiger partial charge in [-0.2, -0.15) is 13.2 Å². The van der Waals surface area contributed by atoms with Crippen molar-refractivity contribution in [2.45, 2.75) is 16.2 Å². The summed E-state index contributed by atoms with van der Waals surface area (Å²) in [5.74, 6) is -1.65. The van der Waals surface area contributed by atoms with Gasteiger partial charge < -0.3 is 9.88 Å². The second-order valence-electron chi connectivity index (χ2n) is 5.97. The van der Waals surface area contributed by atoms with Crippen molar-refractivity contribution in [1.29, 1.82) is 0 Å². The molecule has 29 heavy (non-hydrogen) atoms. The second-order valence-corrected chi connectivity index (χ2v) is 6.98. The number of amides is 1. The van der Waals surface area contributed by atoms with E-state index >= 15 is 0 Å². The van der Waals surface area contributed by atoms with Crippen molar-refractivity contribution < 1.29 is 22.4 Å². The summed E-state index contributed by atoms with van der Waals surface area (Å²) in [4.78, 5) is 16.9. The minimum atomic E-state index is -4.73. The number of nitrogens with one attached hydrogen (secondary N) is 1. The Bertz CT molecular complexity index is 1050. The lowest BCUT2D eigenvalue weighted by molar-refractivity contribution is -0.112. The van der Waals surface area contributed by atoms with Gasteiger partial charge in [0, 0.05) is 30.4 Å². The highest BCUT2D eigenvalue weighted by Crippen LogP contribution is 2.35. The molecule has 0 atom stereocenters. The first-order chi connectivity index (χ1) is 13.7. The van der Waals surface area contributed by atoms with E-state index in [2.05, 4.69) is 10.3 Å². The molecule has 0 fully saturated rings. The molecule has 1 aromatic heterocycles. The fourth-order valence-electron chi connectivity index (χ4n) is 2.48. The first-order valence-electron chi connectivity index (χ1n) is 8.34. The van der Waals surface area contributed by atoms with Crippen molar-refractivity contribution in [3.05, 3.63) is 78.4 Å². The van der Waals surface area contributed by atoms with Gasteiger partial charge in [0.1, 0.15) is 5.82 Å². The average molecular weight is 421 g/mol. The summed E-state index contributed by atoms with van der Waals surface area (Å²) in [6.45, 7) is 0. The highest BCUT2D eigenvalue weighted by Gasteiger charge is 2.35. The number of aryl methyl sites for hydroxylation is 1. The van der Waals surface area contributed by atoms with E-state index in [9.17, 15) is 22.4 Å². The van der Waals surface area contributed by atoms with Crippen molar-refractivity contribution in [1.82, 2.24) is 9.55 Å². The molecule has 1 amide bonds. The summed E-state index contributed by atoms with van der Waals surface area (Å²) in [5.41, 5.74) is -1.18. The Balaban J connectivity index is 1.90. The number of benzene rings is 2. The number of rotatable bonds is 5. The molecular weight excluding hydrogens is 406 g/mol. The van der Waals surface area contributed by atoms with Crippen molar-refractivity contribution in [3.63, 3.8) is 0 Å². The Morgan fingerprint density at radius 1 is 1.17 bits per heavy atom. The largest absolute Gasteiger partial charge is 0.417 e. The quantitative estimate of drug-likeness (QED) is 0.450. The van der Waals surface area contributed by atoms with Gasteiger partial charge in [-0.05, 0) is 35.5 Å². The van der Waals surface area contributed by atoms with Gasteiger partial charge in [-0.15, -0.1) is 0 Å². The highest BCUT2D eigenvalue weighted by atomic mass is 32.2. The molecule has 0 radical (unpaired) electrons. The lowest BCUT2D eigenvalue weighted by Gasteiger charge is -2.13. The third-order valence-corrected chi connectivity index (χ3v) is 5.00. The molecule has 0 spiro atoms. The Morgan fingerprint density at radius 2 is 1.90 bits per heavy atom. The van der Waals surface area contributed by atoms with Crippen molar-refractivity contribution in [2.75, 3.05) is 5.32 Å². The van der Waals surface area contributed by atoms with Gasteiger partial charge in [0.15, 0.2) is 5.16 Å². The van der Waals surface area contributed by atoms with E-state index in [0.29, 0.717) is 16.1 Å². The van der Waals surface area contributed by atoms with E-state index in [1.54, 1.807) is 30.1 Å². The van der Waals surface area contributed by atoms with E-state index < -0.39 is 23.5 Å². The van der Waals surface area contributed by atoms with Crippen LogP contribution in [-0.4, -0.2) is 21.6 Å². The average Bonchev–Trinajstić information content (AvgIpc) is 3.06. The van der Waals surface area contributed by atoms with Crippen LogP contribution in [0.25, 0.3) is 5.57 Å². The number of allylic oxidation sites excluding steroid dienone is 1. The van der Waals surface area contributed by atoms with Gasteiger partial charge in [0.25, 0.3) is 0 Å². The van der Waals surface area contributed by atoms with Crippen LogP contribution >= 0.6 is 11.8 Å². The Morgan fingerprint density at radius 3 is 2.52 bits per heavy atom. The lowest BCUT2D eigenvalue weighted by atomic mass is 10.1. The number of nitrogens with zero attached hydrogens (tertiary/aromatic N) is 2. The summed E-state index contributed by atoms with van der Waals surface area (Å²) in [6, 6.07) is 10.7. The zero-order chi connectivity index (χ0) is 21.0. The molecule has 0 bridgehead atoms. The van der Waals surface area contributed by atoms with E-state index in [-0.39, 0.29) is 11.3 Å². The number of carbonyl (C=O) groups is 1. The Hall–Kier alpha value is -3.07. The van der Waals surface area contributed by atoms with Gasteiger partial charge in [-0.25, -0.2) is 9.37 Å². The first-order valence-corrected chi connectivity index (χ1v) is 9.16. The molecular formula is C20H15F4N3OS. The predicted molar refractivity (Wildman–Crippen MR) is 103 cm³/mol. The minimum absolute atomic E-state index is 0.0498. The zero-order valence-electron chi connectivity index (χ0n) is 15.1. The number of halogens is 4. The van der Waals surface area contributed by atoms with Crippen molar-refractivity contribution in [2.24, 2.45) is 7.05 Å². The smallest absolute Gasteiger partial charge is 0.329 e. The number of imidazole rings is 1. The van der Waals surface area contributed by atoms with Crippen LogP contribution in [0.3, 0.4) is 0 Å². The fraction of sp³-hybridized carbons (Fsp3) is 0.100. The van der Waals surface area contributed by atoms with Crippen LogP contribution in [0.1, 0.15) is 5.56 Å². The Labute approximate surface area is 168 Å². The summed E-state index contributed by atoms with van der Waals surface area (Å²) >= 11 is 1.15. The summed E-state index contributed by atoms with van der Waals surface area (Å²) in [7, 11) is 1.76. The standard InChI is InChI=1S/C20H15F4N3OS/c1-27-10-9-25-19(27)29-17-8-7-14(21)11-16(17)26-18(28)12-15(20(22,23)24)13-5-3-2-4-6-13/h2-12H,1H3,(H,26,28)/b15-12-. The molecule has 0 saturated carbocycles. The molecule has 4 nitrogen and oxygen atoms in total. The normalized spacial score (nSPS) is 12.1. The van der Waals surface area contributed by atoms with Crippen LogP contribution in [0.2, 0.25) is 0 Å². The van der Waals surface area contributed by atoms with Crippen LogP contribution in [0.15, 0.2) is 77.1 Å². The summed E-state index contributed by atoms with van der Waals surface area (Å²) < 4.78 is 55.7. The van der Waals surface area contributed by atoms with Crippen LogP contribution in [0, 0.1) is 5.82 Å². The number of hydrogen-bond acceptors (Lipinski definition) is 3. The molecule has 3 aromatic rings. The topological polar surface area (TPSA) is 46.9 Å². The number of aromatic nitrogens is 2. The number of alkyl halides is 3. The second kappa shape index (κ2) is 8.52. The van der Waals surface area contributed by atoms with Crippen molar-refractivity contribution >= 4 is 28.9 Å². The molecule has 0 aliphatic rings. The molecule has 1 N–H and O–H groups in total. The molecule has 0 aliphatic heterocycles. The first kappa shape index (κ1) is 20.7. The molecule has 0 aliphatic carbocycles. The third-order valence-electron chi connectivity index (χ3n) is 3.84. The van der Waals surface area contributed by atoms with Gasteiger partial charge in [0.2, 0.25) is 5.91 Å². The molecule has 150 valence electrons. The van der Waals surface area contributed by atoms with Gasteiger partial charge in [-0.3, -0.25) is 4.79 Å². The predicted octanol–water partition coefficient (Wildman–Crippen LogP) is 5.29. The maximum absolute atomic E-state index is 13.7. The van der Waals surface area contributed by atoms with E-state index in [1.165, 1.54) is 36.4 Å². The number of anilines is 1.